The lowest BCUT2D eigenvalue weighted by atomic mass is 9.89. The molecule has 4 saturated heterocycles. The lowest BCUT2D eigenvalue weighted by Crippen LogP contribution is -2.48. The van der Waals surface area contributed by atoms with Crippen LogP contribution in [0.5, 0.6) is 0 Å². The summed E-state index contributed by atoms with van der Waals surface area (Å²) in [5.74, 6) is 3.65. The lowest BCUT2D eigenvalue weighted by molar-refractivity contribution is 0.0848. The van der Waals surface area contributed by atoms with E-state index in [1.807, 2.05) is 0 Å². The van der Waals surface area contributed by atoms with E-state index in [4.69, 9.17) is 0 Å². The molecule has 0 amide bonds. The van der Waals surface area contributed by atoms with Crippen LogP contribution in [0.3, 0.4) is 0 Å². The third kappa shape index (κ3) is 6.90. The summed E-state index contributed by atoms with van der Waals surface area (Å²) in [7, 11) is 2.26. The van der Waals surface area contributed by atoms with Gasteiger partial charge in [0.1, 0.15) is 0 Å². The Morgan fingerprint density at radius 3 is 1.62 bits per heavy atom. The van der Waals surface area contributed by atoms with Crippen molar-refractivity contribution in [2.24, 2.45) is 23.7 Å². The normalized spacial score (nSPS) is 33.3. The third-order valence-corrected chi connectivity index (χ3v) is 8.22. The number of hydrogen-bond acceptors (Lipinski definition) is 5. The number of nitrogens with one attached hydrogen (secondary N) is 1. The first-order valence-electron chi connectivity index (χ1n) is 12.7. The highest BCUT2D eigenvalue weighted by Gasteiger charge is 2.28. The fraction of sp³-hybridized carbons (Fsp3) is 1.00. The van der Waals surface area contributed by atoms with Crippen LogP contribution in [-0.4, -0.2) is 112 Å². The molecule has 4 aliphatic rings. The second-order valence-corrected chi connectivity index (χ2v) is 11.0. The van der Waals surface area contributed by atoms with Crippen LogP contribution < -0.4 is 5.32 Å². The quantitative estimate of drug-likeness (QED) is 0.728. The molecular weight excluding hydrogens is 358 g/mol. The maximum Gasteiger partial charge on any atom is 0.0110 e. The van der Waals surface area contributed by atoms with Gasteiger partial charge in [0.25, 0.3) is 0 Å². The summed E-state index contributed by atoms with van der Waals surface area (Å²) in [6, 6.07) is 0. The molecule has 0 aromatic rings. The third-order valence-electron chi connectivity index (χ3n) is 8.22. The monoisotopic (exact) mass is 405 g/mol. The fourth-order valence-corrected chi connectivity index (χ4v) is 6.24. The summed E-state index contributed by atoms with van der Waals surface area (Å²) in [5.41, 5.74) is 0. The SMILES string of the molecule is CC1CNCC(CN2CCC(CN3CCC(CN4CCN(C)CC4)CC3)CC2)C1. The Bertz CT molecular complexity index is 462. The van der Waals surface area contributed by atoms with Gasteiger partial charge >= 0.3 is 0 Å². The lowest BCUT2D eigenvalue weighted by Gasteiger charge is -2.40. The highest BCUT2D eigenvalue weighted by molar-refractivity contribution is 4.83. The second-order valence-electron chi connectivity index (χ2n) is 11.0. The van der Waals surface area contributed by atoms with Gasteiger partial charge in [0.15, 0.2) is 0 Å². The molecule has 0 aromatic heterocycles. The number of likely N-dealkylation sites (tertiary alicyclic amines) is 2. The zero-order valence-electron chi connectivity index (χ0n) is 19.3. The van der Waals surface area contributed by atoms with E-state index < -0.39 is 0 Å². The van der Waals surface area contributed by atoms with Gasteiger partial charge in [-0.25, -0.2) is 0 Å². The first-order valence-corrected chi connectivity index (χ1v) is 12.7. The second kappa shape index (κ2) is 10.9. The average molecular weight is 406 g/mol. The minimum Gasteiger partial charge on any atom is -0.316 e. The predicted molar refractivity (Wildman–Crippen MR) is 122 cm³/mol. The van der Waals surface area contributed by atoms with E-state index in [0.717, 1.165) is 23.7 Å². The molecule has 1 N–H and O–H groups in total. The van der Waals surface area contributed by atoms with Crippen molar-refractivity contribution in [2.45, 2.75) is 39.0 Å². The van der Waals surface area contributed by atoms with Crippen molar-refractivity contribution in [1.29, 1.82) is 0 Å². The van der Waals surface area contributed by atoms with E-state index in [9.17, 15) is 0 Å². The number of rotatable bonds is 6. The Kier molecular flexibility index (Phi) is 8.27. The molecule has 2 atom stereocenters. The van der Waals surface area contributed by atoms with Gasteiger partial charge in [-0.3, -0.25) is 0 Å². The van der Waals surface area contributed by atoms with Crippen molar-refractivity contribution in [3.8, 4) is 0 Å². The maximum atomic E-state index is 3.63. The van der Waals surface area contributed by atoms with Crippen molar-refractivity contribution < 1.29 is 0 Å². The van der Waals surface area contributed by atoms with Gasteiger partial charge in [-0.2, -0.15) is 0 Å². The standard InChI is InChI=1S/C24H47N5/c1-21-15-24(17-25-16-21)20-28-9-5-22(6-10-28)18-27-7-3-23(4-8-27)19-29-13-11-26(2)12-14-29/h21-25H,3-20H2,1-2H3. The van der Waals surface area contributed by atoms with Crippen LogP contribution in [0.25, 0.3) is 0 Å². The number of hydrogen-bond donors (Lipinski definition) is 1. The van der Waals surface area contributed by atoms with Crippen molar-refractivity contribution in [3.05, 3.63) is 0 Å². The molecule has 5 heteroatoms. The van der Waals surface area contributed by atoms with Crippen LogP contribution in [-0.2, 0) is 0 Å². The van der Waals surface area contributed by atoms with E-state index >= 15 is 0 Å². The molecule has 29 heavy (non-hydrogen) atoms. The molecule has 0 radical (unpaired) electrons. The van der Waals surface area contributed by atoms with Gasteiger partial charge in [0.05, 0.1) is 0 Å². The largest absolute Gasteiger partial charge is 0.316 e. The Hall–Kier alpha value is -0.200. The topological polar surface area (TPSA) is 25.0 Å². The first-order chi connectivity index (χ1) is 14.1. The summed E-state index contributed by atoms with van der Waals surface area (Å²) in [4.78, 5) is 10.8. The minimum atomic E-state index is 0.866. The van der Waals surface area contributed by atoms with Gasteiger partial charge in [-0.15, -0.1) is 0 Å². The predicted octanol–water partition coefficient (Wildman–Crippen LogP) is 1.90. The van der Waals surface area contributed by atoms with E-state index in [2.05, 4.69) is 38.9 Å². The van der Waals surface area contributed by atoms with Crippen LogP contribution in [0.1, 0.15) is 39.0 Å². The van der Waals surface area contributed by atoms with Gasteiger partial charge in [-0.1, -0.05) is 6.92 Å². The minimum absolute atomic E-state index is 0.866. The highest BCUT2D eigenvalue weighted by atomic mass is 15.2. The molecule has 0 saturated carbocycles. The molecule has 4 fully saturated rings. The van der Waals surface area contributed by atoms with Crippen molar-refractivity contribution in [2.75, 3.05) is 92.1 Å². The van der Waals surface area contributed by atoms with Gasteiger partial charge < -0.3 is 24.9 Å². The summed E-state index contributed by atoms with van der Waals surface area (Å²) >= 11 is 0. The molecule has 0 bridgehead atoms. The molecule has 5 nitrogen and oxygen atoms in total. The number of likely N-dealkylation sites (N-methyl/N-ethyl adjacent to an activating group) is 1. The number of piperazine rings is 1. The zero-order valence-corrected chi connectivity index (χ0v) is 19.3. The molecule has 4 aliphatic heterocycles. The smallest absolute Gasteiger partial charge is 0.0110 e. The van der Waals surface area contributed by atoms with Crippen molar-refractivity contribution >= 4 is 0 Å². The van der Waals surface area contributed by atoms with E-state index in [1.54, 1.807) is 0 Å². The maximum absolute atomic E-state index is 3.63. The Morgan fingerprint density at radius 1 is 0.621 bits per heavy atom. The van der Waals surface area contributed by atoms with Gasteiger partial charge in [-0.05, 0) is 102 Å². The summed E-state index contributed by atoms with van der Waals surface area (Å²) in [5, 5.41) is 3.63. The molecule has 0 spiro atoms. The molecule has 0 aromatic carbocycles. The Morgan fingerprint density at radius 2 is 1.10 bits per heavy atom. The molecule has 0 aliphatic carbocycles. The van der Waals surface area contributed by atoms with Crippen LogP contribution >= 0.6 is 0 Å². The summed E-state index contributed by atoms with van der Waals surface area (Å²) in [6.07, 6.45) is 7.14. The molecule has 168 valence electrons. The Labute approximate surface area is 180 Å². The summed E-state index contributed by atoms with van der Waals surface area (Å²) < 4.78 is 0. The van der Waals surface area contributed by atoms with Crippen LogP contribution in [0.2, 0.25) is 0 Å². The van der Waals surface area contributed by atoms with E-state index in [1.165, 1.54) is 117 Å². The first kappa shape index (κ1) is 22.0. The van der Waals surface area contributed by atoms with Crippen LogP contribution in [0, 0.1) is 23.7 Å². The molecular formula is C24H47N5. The zero-order chi connectivity index (χ0) is 20.1. The van der Waals surface area contributed by atoms with Crippen molar-refractivity contribution in [3.63, 3.8) is 0 Å². The van der Waals surface area contributed by atoms with Gasteiger partial charge in [0, 0.05) is 45.8 Å². The van der Waals surface area contributed by atoms with Crippen molar-refractivity contribution in [1.82, 2.24) is 24.9 Å². The molecule has 4 rings (SSSR count). The Balaban J connectivity index is 1.09. The fourth-order valence-electron chi connectivity index (χ4n) is 6.24. The molecule has 2 unspecified atom stereocenters. The number of nitrogens with zero attached hydrogens (tertiary/aromatic N) is 4. The van der Waals surface area contributed by atoms with Crippen LogP contribution in [0.4, 0.5) is 0 Å². The summed E-state index contributed by atoms with van der Waals surface area (Å²) in [6.45, 7) is 19.4. The van der Waals surface area contributed by atoms with E-state index in [-0.39, 0.29) is 0 Å². The molecule has 4 heterocycles. The van der Waals surface area contributed by atoms with E-state index in [0.29, 0.717) is 0 Å². The average Bonchev–Trinajstić information content (AvgIpc) is 2.73. The number of piperidine rings is 3. The van der Waals surface area contributed by atoms with Gasteiger partial charge in [0.2, 0.25) is 0 Å². The highest BCUT2D eigenvalue weighted by Crippen LogP contribution is 2.25. The van der Waals surface area contributed by atoms with Crippen LogP contribution in [0.15, 0.2) is 0 Å².